The van der Waals surface area contributed by atoms with Crippen molar-refractivity contribution in [3.05, 3.63) is 59.7 Å². The Labute approximate surface area is 136 Å². The van der Waals surface area contributed by atoms with Crippen LogP contribution >= 0.6 is 0 Å². The molecule has 1 unspecified atom stereocenters. The molecule has 23 heavy (non-hydrogen) atoms. The smallest absolute Gasteiger partial charge is 0.265 e. The van der Waals surface area contributed by atoms with Gasteiger partial charge < -0.3 is 15.4 Å². The summed E-state index contributed by atoms with van der Waals surface area (Å²) in [6.45, 7) is 2.73. The minimum atomic E-state index is -0.0662. The molecule has 1 heterocycles. The summed E-state index contributed by atoms with van der Waals surface area (Å²) in [5.74, 6) is 0.765. The third-order valence-electron chi connectivity index (χ3n) is 4.14. The molecule has 4 nitrogen and oxygen atoms in total. The van der Waals surface area contributed by atoms with E-state index in [-0.39, 0.29) is 18.6 Å². The molecule has 0 saturated carbocycles. The molecule has 0 fully saturated rings. The van der Waals surface area contributed by atoms with Gasteiger partial charge in [0.15, 0.2) is 6.61 Å². The molecule has 1 aliphatic rings. The van der Waals surface area contributed by atoms with E-state index >= 15 is 0 Å². The molecule has 4 heteroatoms. The molecular weight excluding hydrogens is 288 g/mol. The van der Waals surface area contributed by atoms with Crippen LogP contribution in [0.15, 0.2) is 48.5 Å². The maximum Gasteiger partial charge on any atom is 0.265 e. The second-order valence-corrected chi connectivity index (χ2v) is 5.94. The zero-order valence-corrected chi connectivity index (χ0v) is 13.4. The van der Waals surface area contributed by atoms with E-state index in [0.29, 0.717) is 6.54 Å². The number of amides is 1. The van der Waals surface area contributed by atoms with Crippen LogP contribution in [0.25, 0.3) is 0 Å². The predicted molar refractivity (Wildman–Crippen MR) is 91.7 cm³/mol. The average molecular weight is 310 g/mol. The van der Waals surface area contributed by atoms with Crippen LogP contribution in [0.4, 0.5) is 5.69 Å². The first-order valence-corrected chi connectivity index (χ1v) is 8.02. The van der Waals surface area contributed by atoms with Crippen molar-refractivity contribution in [2.75, 3.05) is 18.1 Å². The van der Waals surface area contributed by atoms with Gasteiger partial charge in [-0.1, -0.05) is 36.4 Å². The lowest BCUT2D eigenvalue weighted by Gasteiger charge is -2.30. The van der Waals surface area contributed by atoms with Crippen LogP contribution in [0.3, 0.4) is 0 Å². The average Bonchev–Trinajstić information content (AvgIpc) is 2.57. The van der Waals surface area contributed by atoms with E-state index in [0.717, 1.165) is 29.8 Å². The lowest BCUT2D eigenvalue weighted by molar-refractivity contribution is -0.121. The first-order chi connectivity index (χ1) is 11.1. The first-order valence-electron chi connectivity index (χ1n) is 8.02. The fourth-order valence-corrected chi connectivity index (χ4v) is 2.83. The maximum atomic E-state index is 12.3. The van der Waals surface area contributed by atoms with Gasteiger partial charge in [0, 0.05) is 12.6 Å². The highest BCUT2D eigenvalue weighted by molar-refractivity contribution is 5.97. The topological polar surface area (TPSA) is 55.6 Å². The number of aryl methyl sites for hydroxylation is 1. The Morgan fingerprint density at radius 2 is 2.00 bits per heavy atom. The van der Waals surface area contributed by atoms with Crippen molar-refractivity contribution in [3.63, 3.8) is 0 Å². The van der Waals surface area contributed by atoms with E-state index in [1.54, 1.807) is 0 Å². The second-order valence-electron chi connectivity index (χ2n) is 5.94. The summed E-state index contributed by atoms with van der Waals surface area (Å²) >= 11 is 0. The number of ether oxygens (including phenoxy) is 1. The van der Waals surface area contributed by atoms with E-state index in [1.807, 2.05) is 48.2 Å². The normalized spacial score (nSPS) is 15.0. The third kappa shape index (κ3) is 3.54. The van der Waals surface area contributed by atoms with Crippen LogP contribution in [0.1, 0.15) is 30.5 Å². The monoisotopic (exact) mass is 310 g/mol. The zero-order valence-electron chi connectivity index (χ0n) is 13.4. The molecule has 0 bridgehead atoms. The number of benzene rings is 2. The molecule has 120 valence electrons. The Hall–Kier alpha value is -2.33. The highest BCUT2D eigenvalue weighted by atomic mass is 16.5. The van der Waals surface area contributed by atoms with E-state index < -0.39 is 0 Å². The molecule has 1 amide bonds. The van der Waals surface area contributed by atoms with Crippen LogP contribution in [-0.4, -0.2) is 19.1 Å². The number of carbonyl (C=O) groups excluding carboxylic acids is 1. The lowest BCUT2D eigenvalue weighted by Crippen LogP contribution is -2.39. The van der Waals surface area contributed by atoms with Crippen molar-refractivity contribution in [1.29, 1.82) is 0 Å². The van der Waals surface area contributed by atoms with Gasteiger partial charge in [0.2, 0.25) is 0 Å². The van der Waals surface area contributed by atoms with E-state index in [2.05, 4.69) is 12.1 Å². The van der Waals surface area contributed by atoms with E-state index in [1.165, 1.54) is 5.56 Å². The minimum absolute atomic E-state index is 0.00684. The molecule has 1 aliphatic heterocycles. The first kappa shape index (κ1) is 15.6. The van der Waals surface area contributed by atoms with Crippen LogP contribution in [0, 0.1) is 0 Å². The molecule has 3 rings (SSSR count). The zero-order chi connectivity index (χ0) is 16.2. The number of fused-ring (bicyclic) bond motifs is 1. The van der Waals surface area contributed by atoms with Gasteiger partial charge in [-0.05, 0) is 43.0 Å². The molecule has 0 radical (unpaired) electrons. The summed E-state index contributed by atoms with van der Waals surface area (Å²) in [5, 5.41) is 0. The summed E-state index contributed by atoms with van der Waals surface area (Å²) in [6.07, 6.45) is 1.87. The number of hydrogen-bond acceptors (Lipinski definition) is 3. The largest absolute Gasteiger partial charge is 0.482 e. The molecule has 1 atom stereocenters. The van der Waals surface area contributed by atoms with Crippen LogP contribution in [0.2, 0.25) is 0 Å². The standard InChI is InChI=1S/C19H22N2O2/c1-14(20)16-9-10-18-17(12-16)21(19(22)13-23-18)11-5-8-15-6-3-2-4-7-15/h2-4,6-7,9-10,12,14H,5,8,11,13,20H2,1H3. The maximum absolute atomic E-state index is 12.3. The molecule has 0 aromatic heterocycles. The molecule has 0 aliphatic carbocycles. The van der Waals surface area contributed by atoms with Gasteiger partial charge in [0.25, 0.3) is 5.91 Å². The Morgan fingerprint density at radius 3 is 2.74 bits per heavy atom. The predicted octanol–water partition coefficient (Wildman–Crippen LogP) is 3.06. The van der Waals surface area contributed by atoms with Crippen molar-refractivity contribution in [3.8, 4) is 5.75 Å². The van der Waals surface area contributed by atoms with Gasteiger partial charge in [0.05, 0.1) is 5.69 Å². The van der Waals surface area contributed by atoms with Crippen molar-refractivity contribution < 1.29 is 9.53 Å². The van der Waals surface area contributed by atoms with Gasteiger partial charge >= 0.3 is 0 Å². The van der Waals surface area contributed by atoms with Crippen molar-refractivity contribution in [2.45, 2.75) is 25.8 Å². The van der Waals surface area contributed by atoms with Gasteiger partial charge in [-0.25, -0.2) is 0 Å². The van der Waals surface area contributed by atoms with E-state index in [9.17, 15) is 4.79 Å². The number of carbonyl (C=O) groups is 1. The summed E-state index contributed by atoms with van der Waals surface area (Å²) < 4.78 is 5.53. The second kappa shape index (κ2) is 6.84. The number of nitrogens with two attached hydrogens (primary N) is 1. The van der Waals surface area contributed by atoms with E-state index in [4.69, 9.17) is 10.5 Å². The summed E-state index contributed by atoms with van der Waals surface area (Å²) in [5.41, 5.74) is 9.09. The van der Waals surface area contributed by atoms with Crippen molar-refractivity contribution >= 4 is 11.6 Å². The SMILES string of the molecule is CC(N)c1ccc2c(c1)N(CCCc1ccccc1)C(=O)CO2. The van der Waals surface area contributed by atoms with Crippen molar-refractivity contribution in [2.24, 2.45) is 5.73 Å². The van der Waals surface area contributed by atoms with Gasteiger partial charge in [-0.15, -0.1) is 0 Å². The Balaban J connectivity index is 1.74. The summed E-state index contributed by atoms with van der Waals surface area (Å²) in [7, 11) is 0. The Kier molecular flexibility index (Phi) is 4.63. The molecule has 0 saturated heterocycles. The van der Waals surface area contributed by atoms with Gasteiger partial charge in [-0.2, -0.15) is 0 Å². The van der Waals surface area contributed by atoms with Crippen LogP contribution in [0.5, 0.6) is 5.75 Å². The third-order valence-corrected chi connectivity index (χ3v) is 4.14. The molecular formula is C19H22N2O2. The molecule has 2 N–H and O–H groups in total. The fraction of sp³-hybridized carbons (Fsp3) is 0.316. The lowest BCUT2D eigenvalue weighted by atomic mass is 10.1. The summed E-state index contributed by atoms with van der Waals surface area (Å²) in [6, 6.07) is 16.1. The Morgan fingerprint density at radius 1 is 1.22 bits per heavy atom. The number of hydrogen-bond donors (Lipinski definition) is 1. The quantitative estimate of drug-likeness (QED) is 0.923. The summed E-state index contributed by atoms with van der Waals surface area (Å²) in [4.78, 5) is 14.1. The van der Waals surface area contributed by atoms with Crippen LogP contribution < -0.4 is 15.4 Å². The van der Waals surface area contributed by atoms with Gasteiger partial charge in [0.1, 0.15) is 5.75 Å². The Bertz CT molecular complexity index is 683. The van der Waals surface area contributed by atoms with Gasteiger partial charge in [-0.3, -0.25) is 4.79 Å². The molecule has 0 spiro atoms. The highest BCUT2D eigenvalue weighted by Crippen LogP contribution is 2.34. The molecule has 2 aromatic rings. The highest BCUT2D eigenvalue weighted by Gasteiger charge is 2.25. The fourth-order valence-electron chi connectivity index (χ4n) is 2.83. The number of rotatable bonds is 5. The number of anilines is 1. The van der Waals surface area contributed by atoms with Crippen LogP contribution in [-0.2, 0) is 11.2 Å². The minimum Gasteiger partial charge on any atom is -0.482 e. The number of nitrogens with zero attached hydrogens (tertiary/aromatic N) is 1. The van der Waals surface area contributed by atoms with Crippen molar-refractivity contribution in [1.82, 2.24) is 0 Å². The molecule has 2 aromatic carbocycles.